The van der Waals surface area contributed by atoms with E-state index in [4.69, 9.17) is 4.74 Å². The molecule has 0 bridgehead atoms. The van der Waals surface area contributed by atoms with Gasteiger partial charge in [0.1, 0.15) is 0 Å². The van der Waals surface area contributed by atoms with Crippen LogP contribution in [0, 0.1) is 5.82 Å². The van der Waals surface area contributed by atoms with Gasteiger partial charge in [0.05, 0.1) is 30.9 Å². The maximum atomic E-state index is 13.3. The zero-order chi connectivity index (χ0) is 16.4. The number of aliphatic hydroxyl groups is 1. The molecule has 23 heavy (non-hydrogen) atoms. The van der Waals surface area contributed by atoms with Gasteiger partial charge in [-0.25, -0.2) is 4.39 Å². The lowest BCUT2D eigenvalue weighted by Crippen LogP contribution is -2.51. The number of hydrogen-bond donors (Lipinski definition) is 3. The molecule has 0 spiro atoms. The van der Waals surface area contributed by atoms with Crippen LogP contribution < -0.4 is 5.32 Å². The first-order valence-corrected chi connectivity index (χ1v) is 7.86. The Kier molecular flexibility index (Phi) is 4.79. The van der Waals surface area contributed by atoms with Gasteiger partial charge in [0.2, 0.25) is 0 Å². The quantitative estimate of drug-likeness (QED) is 0.754. The van der Waals surface area contributed by atoms with Crippen molar-refractivity contribution in [3.63, 3.8) is 0 Å². The summed E-state index contributed by atoms with van der Waals surface area (Å²) in [6.45, 7) is 2.84. The van der Waals surface area contributed by atoms with Crippen molar-refractivity contribution in [1.82, 2.24) is 10.2 Å². The SMILES string of the molecule is O=C(N[C@@H]1CC[C@@H](N2CCOCC2)[C@@H]1O)c1cccc(F)c1O. The minimum absolute atomic E-state index is 0.00898. The number of morpholine rings is 1. The summed E-state index contributed by atoms with van der Waals surface area (Å²) in [5, 5.41) is 22.8. The molecule has 1 amide bonds. The van der Waals surface area contributed by atoms with Crippen molar-refractivity contribution >= 4 is 5.91 Å². The van der Waals surface area contributed by atoms with E-state index in [1.54, 1.807) is 0 Å². The molecular formula is C16H21FN2O4. The Labute approximate surface area is 133 Å². The van der Waals surface area contributed by atoms with Crippen LogP contribution in [0.25, 0.3) is 0 Å². The van der Waals surface area contributed by atoms with Crippen molar-refractivity contribution in [1.29, 1.82) is 0 Å². The molecule has 1 aliphatic carbocycles. The Hall–Kier alpha value is -1.70. The van der Waals surface area contributed by atoms with Crippen LogP contribution in [0.4, 0.5) is 4.39 Å². The molecule has 0 unspecified atom stereocenters. The minimum Gasteiger partial charge on any atom is -0.504 e. The van der Waals surface area contributed by atoms with Crippen LogP contribution in [-0.2, 0) is 4.74 Å². The second-order valence-electron chi connectivity index (χ2n) is 6.00. The molecule has 0 radical (unpaired) electrons. The van der Waals surface area contributed by atoms with Crippen LogP contribution in [0.1, 0.15) is 23.2 Å². The zero-order valence-corrected chi connectivity index (χ0v) is 12.7. The number of benzene rings is 1. The number of carbonyl (C=O) groups is 1. The van der Waals surface area contributed by atoms with Gasteiger partial charge in [-0.2, -0.15) is 0 Å². The Balaban J connectivity index is 1.64. The lowest BCUT2D eigenvalue weighted by molar-refractivity contribution is -0.0154. The highest BCUT2D eigenvalue weighted by molar-refractivity contribution is 5.97. The summed E-state index contributed by atoms with van der Waals surface area (Å²) in [5.74, 6) is -2.08. The molecule has 6 nitrogen and oxygen atoms in total. The van der Waals surface area contributed by atoms with E-state index in [-0.39, 0.29) is 11.6 Å². The van der Waals surface area contributed by atoms with E-state index in [1.807, 2.05) is 0 Å². The predicted octanol–water partition coefficient (Wildman–Crippen LogP) is 0.485. The van der Waals surface area contributed by atoms with Crippen molar-refractivity contribution in [2.75, 3.05) is 26.3 Å². The van der Waals surface area contributed by atoms with E-state index in [1.165, 1.54) is 12.1 Å². The van der Waals surface area contributed by atoms with Gasteiger partial charge in [-0.15, -0.1) is 0 Å². The number of rotatable bonds is 3. The summed E-state index contributed by atoms with van der Waals surface area (Å²) in [7, 11) is 0. The largest absolute Gasteiger partial charge is 0.504 e. The van der Waals surface area contributed by atoms with Crippen molar-refractivity contribution in [2.24, 2.45) is 0 Å². The molecule has 3 rings (SSSR count). The lowest BCUT2D eigenvalue weighted by Gasteiger charge is -2.34. The van der Waals surface area contributed by atoms with Gasteiger partial charge >= 0.3 is 0 Å². The summed E-state index contributed by atoms with van der Waals surface area (Å²) in [4.78, 5) is 14.4. The van der Waals surface area contributed by atoms with Crippen LogP contribution >= 0.6 is 0 Å². The van der Waals surface area contributed by atoms with Gasteiger partial charge in [-0.1, -0.05) is 6.07 Å². The van der Waals surface area contributed by atoms with Crippen LogP contribution in [0.15, 0.2) is 18.2 Å². The summed E-state index contributed by atoms with van der Waals surface area (Å²) in [6, 6.07) is 3.40. The molecule has 1 aliphatic heterocycles. The third kappa shape index (κ3) is 3.31. The Morgan fingerprint density at radius 2 is 2.04 bits per heavy atom. The van der Waals surface area contributed by atoms with E-state index in [0.717, 1.165) is 25.6 Å². The highest BCUT2D eigenvalue weighted by atomic mass is 19.1. The Bertz CT molecular complexity index is 577. The highest BCUT2D eigenvalue weighted by Gasteiger charge is 2.39. The molecule has 1 aromatic carbocycles. The number of phenols is 1. The second kappa shape index (κ2) is 6.82. The Morgan fingerprint density at radius 1 is 1.30 bits per heavy atom. The lowest BCUT2D eigenvalue weighted by atomic mass is 10.1. The fourth-order valence-corrected chi connectivity index (χ4v) is 3.37. The molecule has 1 aromatic rings. The van der Waals surface area contributed by atoms with Crippen molar-refractivity contribution in [2.45, 2.75) is 31.0 Å². The van der Waals surface area contributed by atoms with Gasteiger partial charge in [-0.05, 0) is 25.0 Å². The number of nitrogens with one attached hydrogen (secondary N) is 1. The van der Waals surface area contributed by atoms with E-state index in [9.17, 15) is 19.4 Å². The van der Waals surface area contributed by atoms with E-state index >= 15 is 0 Å². The normalized spacial score (nSPS) is 28.7. The molecule has 7 heteroatoms. The number of nitrogens with zero attached hydrogens (tertiary/aromatic N) is 1. The van der Waals surface area contributed by atoms with E-state index < -0.39 is 29.6 Å². The molecule has 2 aliphatic rings. The highest BCUT2D eigenvalue weighted by Crippen LogP contribution is 2.27. The molecule has 2 fully saturated rings. The molecule has 0 aromatic heterocycles. The van der Waals surface area contributed by atoms with Crippen LogP contribution in [-0.4, -0.2) is 65.5 Å². The van der Waals surface area contributed by atoms with Crippen LogP contribution in [0.2, 0.25) is 0 Å². The summed E-state index contributed by atoms with van der Waals surface area (Å²) < 4.78 is 18.6. The Morgan fingerprint density at radius 3 is 2.78 bits per heavy atom. The van der Waals surface area contributed by atoms with Crippen LogP contribution in [0.5, 0.6) is 5.75 Å². The molecule has 126 valence electrons. The summed E-state index contributed by atoms with van der Waals surface area (Å²) in [6.07, 6.45) is 0.736. The third-order valence-electron chi connectivity index (χ3n) is 4.64. The monoisotopic (exact) mass is 324 g/mol. The summed E-state index contributed by atoms with van der Waals surface area (Å²) >= 11 is 0. The number of amides is 1. The van der Waals surface area contributed by atoms with Crippen molar-refractivity contribution < 1.29 is 24.1 Å². The molecule has 3 atom stereocenters. The van der Waals surface area contributed by atoms with E-state index in [0.29, 0.717) is 19.6 Å². The number of ether oxygens (including phenoxy) is 1. The maximum Gasteiger partial charge on any atom is 0.255 e. The average molecular weight is 324 g/mol. The number of para-hydroxylation sites is 1. The predicted molar refractivity (Wildman–Crippen MR) is 80.7 cm³/mol. The fraction of sp³-hybridized carbons (Fsp3) is 0.562. The number of aliphatic hydroxyl groups excluding tert-OH is 1. The summed E-state index contributed by atoms with van der Waals surface area (Å²) in [5.41, 5.74) is -0.118. The molecular weight excluding hydrogens is 303 g/mol. The standard InChI is InChI=1S/C16H21FN2O4/c17-11-3-1-2-10(14(11)20)16(22)18-12-4-5-13(15(12)21)19-6-8-23-9-7-19/h1-3,12-13,15,20-21H,4-9H2,(H,18,22)/t12-,13-,15-/m1/s1. The average Bonchev–Trinajstić information content (AvgIpc) is 2.91. The smallest absolute Gasteiger partial charge is 0.255 e. The first-order valence-electron chi connectivity index (χ1n) is 7.86. The molecule has 1 saturated carbocycles. The molecule has 1 saturated heterocycles. The topological polar surface area (TPSA) is 82.0 Å². The first-order chi connectivity index (χ1) is 11.1. The van der Waals surface area contributed by atoms with Crippen molar-refractivity contribution in [3.8, 4) is 5.75 Å². The number of carbonyl (C=O) groups excluding carboxylic acids is 1. The van der Waals surface area contributed by atoms with Crippen LogP contribution in [0.3, 0.4) is 0 Å². The zero-order valence-electron chi connectivity index (χ0n) is 12.7. The first kappa shape index (κ1) is 16.2. The van der Waals surface area contributed by atoms with Gasteiger partial charge in [0.15, 0.2) is 11.6 Å². The number of hydrogen-bond acceptors (Lipinski definition) is 5. The van der Waals surface area contributed by atoms with E-state index in [2.05, 4.69) is 10.2 Å². The number of halogens is 1. The number of phenolic OH excluding ortho intramolecular Hbond substituents is 1. The second-order valence-corrected chi connectivity index (χ2v) is 6.00. The van der Waals surface area contributed by atoms with Crippen molar-refractivity contribution in [3.05, 3.63) is 29.6 Å². The fourth-order valence-electron chi connectivity index (χ4n) is 3.37. The molecule has 3 N–H and O–H groups in total. The van der Waals surface area contributed by atoms with Gasteiger partial charge in [0, 0.05) is 19.1 Å². The van der Waals surface area contributed by atoms with Gasteiger partial charge in [-0.3, -0.25) is 9.69 Å². The van der Waals surface area contributed by atoms with Gasteiger partial charge < -0.3 is 20.3 Å². The minimum atomic E-state index is -0.837. The maximum absolute atomic E-state index is 13.3. The third-order valence-corrected chi connectivity index (χ3v) is 4.64. The van der Waals surface area contributed by atoms with Gasteiger partial charge in [0.25, 0.3) is 5.91 Å². The molecule has 1 heterocycles. The number of aromatic hydroxyl groups is 1.